The Hall–Kier alpha value is -1.06. The largest absolute Gasteiger partial charge is 0.496 e. The molecule has 0 aliphatic heterocycles. The third kappa shape index (κ3) is 2.97. The summed E-state index contributed by atoms with van der Waals surface area (Å²) in [6.07, 6.45) is 0.750. The minimum Gasteiger partial charge on any atom is -0.496 e. The molecule has 0 spiro atoms. The number of rotatable bonds is 5. The molecule has 0 atom stereocenters. The molecule has 1 aromatic rings. The summed E-state index contributed by atoms with van der Waals surface area (Å²) in [6.45, 7) is 1.85. The quantitative estimate of drug-likeness (QED) is 0.808. The molecule has 0 heterocycles. The number of aryl methyl sites for hydroxylation is 1. The first kappa shape index (κ1) is 13.0. The summed E-state index contributed by atoms with van der Waals surface area (Å²) < 4.78 is 5.19. The lowest BCUT2D eigenvalue weighted by atomic mass is 10.0. The number of ether oxygens (including phenoxy) is 1. The Morgan fingerprint density at radius 2 is 2.19 bits per heavy atom. The van der Waals surface area contributed by atoms with Crippen molar-refractivity contribution in [1.82, 2.24) is 0 Å². The highest BCUT2D eigenvalue weighted by atomic mass is 35.5. The van der Waals surface area contributed by atoms with Gasteiger partial charge in [-0.2, -0.15) is 0 Å². The molecule has 0 aliphatic carbocycles. The number of aliphatic hydroxyl groups is 1. The molecule has 0 fully saturated rings. The van der Waals surface area contributed by atoms with Crippen LogP contribution in [0.15, 0.2) is 12.1 Å². The average Bonchev–Trinajstić information content (AvgIpc) is 2.24. The number of benzene rings is 1. The second-order valence-electron chi connectivity index (χ2n) is 3.55. The Balaban J connectivity index is 3.05. The lowest BCUT2D eigenvalue weighted by molar-refractivity contribution is 0.0968. The third-order valence-electron chi connectivity index (χ3n) is 2.31. The standard InChI is InChI=1S/C12H15ClO3/c1-8-6-9(13)7-10(12(8)16-2)11(15)4-3-5-14/h6-7,14H,3-5H2,1-2H3. The minimum absolute atomic E-state index is 0.00754. The number of methoxy groups -OCH3 is 1. The van der Waals surface area contributed by atoms with Gasteiger partial charge in [0.25, 0.3) is 0 Å². The Bertz CT molecular complexity index is 388. The summed E-state index contributed by atoms with van der Waals surface area (Å²) >= 11 is 5.90. The molecule has 0 aromatic heterocycles. The fraction of sp³-hybridized carbons (Fsp3) is 0.417. The Kier molecular flexibility index (Phi) is 4.77. The molecule has 0 radical (unpaired) electrons. The highest BCUT2D eigenvalue weighted by molar-refractivity contribution is 6.31. The second-order valence-corrected chi connectivity index (χ2v) is 3.99. The van der Waals surface area contributed by atoms with Gasteiger partial charge in [-0.1, -0.05) is 11.6 Å². The summed E-state index contributed by atoms with van der Waals surface area (Å²) in [5.74, 6) is 0.504. The highest BCUT2D eigenvalue weighted by Crippen LogP contribution is 2.28. The van der Waals surface area contributed by atoms with E-state index in [1.54, 1.807) is 12.1 Å². The first-order valence-corrected chi connectivity index (χ1v) is 5.46. The van der Waals surface area contributed by atoms with Crippen molar-refractivity contribution in [3.63, 3.8) is 0 Å². The molecule has 0 amide bonds. The minimum atomic E-state index is -0.0588. The molecule has 16 heavy (non-hydrogen) atoms. The first-order valence-electron chi connectivity index (χ1n) is 5.08. The predicted molar refractivity (Wildman–Crippen MR) is 63.4 cm³/mol. The van der Waals surface area contributed by atoms with Gasteiger partial charge < -0.3 is 9.84 Å². The molecule has 0 aliphatic rings. The molecule has 1 rings (SSSR count). The maximum atomic E-state index is 11.8. The van der Waals surface area contributed by atoms with E-state index in [-0.39, 0.29) is 12.4 Å². The molecule has 4 heteroatoms. The van der Waals surface area contributed by atoms with Crippen molar-refractivity contribution in [1.29, 1.82) is 0 Å². The van der Waals surface area contributed by atoms with Gasteiger partial charge in [0.1, 0.15) is 5.75 Å². The molecule has 88 valence electrons. The van der Waals surface area contributed by atoms with E-state index in [0.717, 1.165) is 5.56 Å². The van der Waals surface area contributed by atoms with Crippen molar-refractivity contribution in [2.24, 2.45) is 0 Å². The van der Waals surface area contributed by atoms with Gasteiger partial charge in [0.15, 0.2) is 5.78 Å². The molecular formula is C12H15ClO3. The van der Waals surface area contributed by atoms with Gasteiger partial charge in [0, 0.05) is 18.1 Å². The van der Waals surface area contributed by atoms with Gasteiger partial charge >= 0.3 is 0 Å². The van der Waals surface area contributed by atoms with Gasteiger partial charge in [-0.15, -0.1) is 0 Å². The number of carbonyl (C=O) groups excluding carboxylic acids is 1. The van der Waals surface area contributed by atoms with Gasteiger partial charge in [-0.05, 0) is 31.0 Å². The van der Waals surface area contributed by atoms with Crippen LogP contribution < -0.4 is 4.74 Å². The van der Waals surface area contributed by atoms with Crippen LogP contribution in [0.25, 0.3) is 0 Å². The van der Waals surface area contributed by atoms with Crippen LogP contribution in [0.2, 0.25) is 5.02 Å². The van der Waals surface area contributed by atoms with E-state index >= 15 is 0 Å². The van der Waals surface area contributed by atoms with E-state index in [1.807, 2.05) is 6.92 Å². The van der Waals surface area contributed by atoms with Gasteiger partial charge in [-0.25, -0.2) is 0 Å². The van der Waals surface area contributed by atoms with E-state index in [2.05, 4.69) is 0 Å². The summed E-state index contributed by atoms with van der Waals surface area (Å²) in [6, 6.07) is 3.36. The number of hydrogen-bond acceptors (Lipinski definition) is 3. The van der Waals surface area contributed by atoms with E-state index in [4.69, 9.17) is 21.4 Å². The third-order valence-corrected chi connectivity index (χ3v) is 2.52. The van der Waals surface area contributed by atoms with Crippen molar-refractivity contribution in [3.05, 3.63) is 28.3 Å². The van der Waals surface area contributed by atoms with Crippen molar-refractivity contribution in [3.8, 4) is 5.75 Å². The molecule has 1 N–H and O–H groups in total. The SMILES string of the molecule is COc1c(C)cc(Cl)cc1C(=O)CCCO. The molecular weight excluding hydrogens is 228 g/mol. The molecule has 0 saturated heterocycles. The van der Waals surface area contributed by atoms with E-state index in [0.29, 0.717) is 29.2 Å². The zero-order chi connectivity index (χ0) is 12.1. The van der Waals surface area contributed by atoms with Crippen LogP contribution in [0.4, 0.5) is 0 Å². The van der Waals surface area contributed by atoms with Crippen molar-refractivity contribution in [2.75, 3.05) is 13.7 Å². The second kappa shape index (κ2) is 5.87. The van der Waals surface area contributed by atoms with E-state index in [9.17, 15) is 4.79 Å². The molecule has 0 saturated carbocycles. The zero-order valence-corrected chi connectivity index (χ0v) is 10.2. The number of halogens is 1. The normalized spacial score (nSPS) is 10.2. The maximum Gasteiger partial charge on any atom is 0.166 e. The monoisotopic (exact) mass is 242 g/mol. The number of aliphatic hydroxyl groups excluding tert-OH is 1. The Labute approximate surface area is 100.0 Å². The van der Waals surface area contributed by atoms with Crippen LogP contribution in [0.1, 0.15) is 28.8 Å². The van der Waals surface area contributed by atoms with Crippen LogP contribution in [-0.4, -0.2) is 24.6 Å². The molecule has 1 aromatic carbocycles. The smallest absolute Gasteiger partial charge is 0.166 e. The van der Waals surface area contributed by atoms with Crippen molar-refractivity contribution < 1.29 is 14.6 Å². The van der Waals surface area contributed by atoms with Gasteiger partial charge in [0.05, 0.1) is 12.7 Å². The van der Waals surface area contributed by atoms with Crippen LogP contribution >= 0.6 is 11.6 Å². The summed E-state index contributed by atoms with van der Waals surface area (Å²) in [7, 11) is 1.53. The van der Waals surface area contributed by atoms with E-state index < -0.39 is 0 Å². The van der Waals surface area contributed by atoms with Gasteiger partial charge in [-0.3, -0.25) is 4.79 Å². The Morgan fingerprint density at radius 3 is 2.75 bits per heavy atom. The van der Waals surface area contributed by atoms with E-state index in [1.165, 1.54) is 7.11 Å². The summed E-state index contributed by atoms with van der Waals surface area (Å²) in [4.78, 5) is 11.8. The van der Waals surface area contributed by atoms with Crippen LogP contribution in [0.5, 0.6) is 5.75 Å². The fourth-order valence-electron chi connectivity index (χ4n) is 1.58. The molecule has 0 bridgehead atoms. The number of Topliss-reactive ketones (excluding diaryl/α,β-unsaturated/α-hetero) is 1. The Morgan fingerprint density at radius 1 is 1.50 bits per heavy atom. The zero-order valence-electron chi connectivity index (χ0n) is 9.42. The average molecular weight is 243 g/mol. The maximum absolute atomic E-state index is 11.8. The number of hydrogen-bond donors (Lipinski definition) is 1. The number of ketones is 1. The van der Waals surface area contributed by atoms with Crippen LogP contribution in [0, 0.1) is 6.92 Å². The first-order chi connectivity index (χ1) is 7.60. The number of carbonyl (C=O) groups is 1. The van der Waals surface area contributed by atoms with Crippen molar-refractivity contribution >= 4 is 17.4 Å². The highest BCUT2D eigenvalue weighted by Gasteiger charge is 2.14. The van der Waals surface area contributed by atoms with Crippen LogP contribution in [-0.2, 0) is 0 Å². The fourth-order valence-corrected chi connectivity index (χ4v) is 1.86. The van der Waals surface area contributed by atoms with Gasteiger partial charge in [0.2, 0.25) is 0 Å². The summed E-state index contributed by atoms with van der Waals surface area (Å²) in [5.41, 5.74) is 1.32. The lowest BCUT2D eigenvalue weighted by Crippen LogP contribution is -2.04. The van der Waals surface area contributed by atoms with Crippen LogP contribution in [0.3, 0.4) is 0 Å². The summed E-state index contributed by atoms with van der Waals surface area (Å²) in [5, 5.41) is 9.21. The topological polar surface area (TPSA) is 46.5 Å². The molecule has 3 nitrogen and oxygen atoms in total. The predicted octanol–water partition coefficient (Wildman–Crippen LogP) is 2.61. The van der Waals surface area contributed by atoms with Crippen molar-refractivity contribution in [2.45, 2.75) is 19.8 Å². The molecule has 0 unspecified atom stereocenters. The lowest BCUT2D eigenvalue weighted by Gasteiger charge is -2.11.